The molecule has 0 aliphatic carbocycles. The summed E-state index contributed by atoms with van der Waals surface area (Å²) in [6.45, 7) is 2.18. The van der Waals surface area contributed by atoms with E-state index in [9.17, 15) is 4.79 Å². The molecule has 1 aromatic rings. The van der Waals surface area contributed by atoms with Crippen molar-refractivity contribution in [3.05, 3.63) is 47.6 Å². The summed E-state index contributed by atoms with van der Waals surface area (Å²) in [6.07, 6.45) is 9.83. The van der Waals surface area contributed by atoms with Crippen LogP contribution < -0.4 is 4.74 Å². The Balaban J connectivity index is 2.83. The second-order valence-electron chi connectivity index (χ2n) is 4.81. The molecule has 114 valence electrons. The molecule has 21 heavy (non-hydrogen) atoms. The zero-order chi connectivity index (χ0) is 15.5. The molecule has 0 aliphatic heterocycles. The minimum Gasteiger partial charge on any atom is -0.497 e. The molecule has 0 radical (unpaired) electrons. The highest BCUT2D eigenvalue weighted by Crippen LogP contribution is 2.18. The second-order valence-corrected chi connectivity index (χ2v) is 4.81. The van der Waals surface area contributed by atoms with Crippen LogP contribution in [0.5, 0.6) is 5.75 Å². The lowest BCUT2D eigenvalue weighted by molar-refractivity contribution is -0.134. The highest BCUT2D eigenvalue weighted by Gasteiger charge is 1.98. The van der Waals surface area contributed by atoms with Gasteiger partial charge in [-0.3, -0.25) is 0 Å². The minimum atomic E-state index is -0.328. The summed E-state index contributed by atoms with van der Waals surface area (Å²) < 4.78 is 9.79. The quantitative estimate of drug-likeness (QED) is 0.308. The van der Waals surface area contributed by atoms with Crippen molar-refractivity contribution >= 4 is 12.0 Å². The van der Waals surface area contributed by atoms with Crippen molar-refractivity contribution in [3.63, 3.8) is 0 Å². The van der Waals surface area contributed by atoms with Gasteiger partial charge in [0.1, 0.15) is 5.75 Å². The van der Waals surface area contributed by atoms with Gasteiger partial charge in [-0.05, 0) is 36.1 Å². The van der Waals surface area contributed by atoms with Crippen LogP contribution in [0.2, 0.25) is 0 Å². The monoisotopic (exact) mass is 288 g/mol. The molecule has 1 aromatic carbocycles. The van der Waals surface area contributed by atoms with Crippen LogP contribution in [0.3, 0.4) is 0 Å². The van der Waals surface area contributed by atoms with Crippen molar-refractivity contribution in [1.82, 2.24) is 0 Å². The SMILES string of the molecule is CCCCCC(/C=C/C(=O)OC)=C\c1ccc(OC)cc1. The number of benzene rings is 1. The summed E-state index contributed by atoms with van der Waals surface area (Å²) in [6, 6.07) is 7.87. The first-order chi connectivity index (χ1) is 10.2. The molecule has 3 heteroatoms. The molecular formula is C18H24O3. The lowest BCUT2D eigenvalue weighted by Crippen LogP contribution is -1.94. The fourth-order valence-electron chi connectivity index (χ4n) is 1.94. The van der Waals surface area contributed by atoms with E-state index in [4.69, 9.17) is 4.74 Å². The number of hydrogen-bond acceptors (Lipinski definition) is 3. The molecule has 0 unspecified atom stereocenters. The molecule has 0 spiro atoms. The van der Waals surface area contributed by atoms with Gasteiger partial charge in [-0.15, -0.1) is 0 Å². The van der Waals surface area contributed by atoms with E-state index in [0.29, 0.717) is 0 Å². The van der Waals surface area contributed by atoms with Crippen LogP contribution in [-0.2, 0) is 9.53 Å². The van der Waals surface area contributed by atoms with E-state index >= 15 is 0 Å². The number of methoxy groups -OCH3 is 2. The van der Waals surface area contributed by atoms with Crippen molar-refractivity contribution in [2.24, 2.45) is 0 Å². The number of ether oxygens (including phenoxy) is 2. The molecule has 0 atom stereocenters. The maximum atomic E-state index is 11.2. The Labute approximate surface area is 127 Å². The fraction of sp³-hybridized carbons (Fsp3) is 0.389. The maximum absolute atomic E-state index is 11.2. The van der Waals surface area contributed by atoms with E-state index in [1.165, 1.54) is 26.0 Å². The molecular weight excluding hydrogens is 264 g/mol. The molecule has 0 saturated heterocycles. The molecule has 0 heterocycles. The average Bonchev–Trinajstić information content (AvgIpc) is 2.53. The predicted octanol–water partition coefficient (Wildman–Crippen LogP) is 4.39. The van der Waals surface area contributed by atoms with Gasteiger partial charge >= 0.3 is 5.97 Å². The summed E-state index contributed by atoms with van der Waals surface area (Å²) >= 11 is 0. The topological polar surface area (TPSA) is 35.5 Å². The molecule has 1 rings (SSSR count). The van der Waals surface area contributed by atoms with E-state index in [-0.39, 0.29) is 5.97 Å². The third-order valence-electron chi connectivity index (χ3n) is 3.17. The normalized spacial score (nSPS) is 11.7. The Morgan fingerprint density at radius 1 is 1.10 bits per heavy atom. The average molecular weight is 288 g/mol. The van der Waals surface area contributed by atoms with Crippen LogP contribution in [0.4, 0.5) is 0 Å². The maximum Gasteiger partial charge on any atom is 0.330 e. The zero-order valence-corrected chi connectivity index (χ0v) is 13.1. The Morgan fingerprint density at radius 2 is 1.81 bits per heavy atom. The lowest BCUT2D eigenvalue weighted by atomic mass is 10.0. The number of esters is 1. The van der Waals surface area contributed by atoms with Crippen LogP contribution in [0.15, 0.2) is 42.0 Å². The van der Waals surface area contributed by atoms with Gasteiger partial charge in [0.25, 0.3) is 0 Å². The van der Waals surface area contributed by atoms with Gasteiger partial charge in [-0.2, -0.15) is 0 Å². The van der Waals surface area contributed by atoms with E-state index in [2.05, 4.69) is 17.7 Å². The van der Waals surface area contributed by atoms with Crippen molar-refractivity contribution in [3.8, 4) is 5.75 Å². The van der Waals surface area contributed by atoms with Crippen molar-refractivity contribution in [1.29, 1.82) is 0 Å². The highest BCUT2D eigenvalue weighted by atomic mass is 16.5. The van der Waals surface area contributed by atoms with E-state index in [1.54, 1.807) is 7.11 Å². The second kappa shape index (κ2) is 9.81. The van der Waals surface area contributed by atoms with Gasteiger partial charge in [0.15, 0.2) is 0 Å². The molecule has 0 fully saturated rings. The van der Waals surface area contributed by atoms with Crippen molar-refractivity contribution < 1.29 is 14.3 Å². The lowest BCUT2D eigenvalue weighted by Gasteiger charge is -2.04. The van der Waals surface area contributed by atoms with Crippen LogP contribution in [0, 0.1) is 0 Å². The standard InChI is InChI=1S/C18H24O3/c1-4-5-6-7-15(10-13-18(19)21-3)14-16-8-11-17(20-2)12-9-16/h8-14H,4-7H2,1-3H3/b13-10+,15-14+. The molecule has 0 N–H and O–H groups in total. The first kappa shape index (κ1) is 17.0. The molecule has 0 aromatic heterocycles. The van der Waals surface area contributed by atoms with Crippen molar-refractivity contribution in [2.75, 3.05) is 14.2 Å². The van der Waals surface area contributed by atoms with Gasteiger partial charge < -0.3 is 9.47 Å². The Morgan fingerprint density at radius 3 is 2.38 bits per heavy atom. The summed E-state index contributed by atoms with van der Waals surface area (Å²) in [5.74, 6) is 0.510. The van der Waals surface area contributed by atoms with Gasteiger partial charge in [-0.25, -0.2) is 4.79 Å². The van der Waals surface area contributed by atoms with E-state index in [0.717, 1.165) is 29.7 Å². The third kappa shape index (κ3) is 6.80. The van der Waals surface area contributed by atoms with Crippen LogP contribution >= 0.6 is 0 Å². The Kier molecular flexibility index (Phi) is 7.95. The van der Waals surface area contributed by atoms with Gasteiger partial charge in [-0.1, -0.05) is 44.1 Å². The van der Waals surface area contributed by atoms with Crippen LogP contribution in [0.1, 0.15) is 38.2 Å². The molecule has 0 bridgehead atoms. The van der Waals surface area contributed by atoms with Gasteiger partial charge in [0.2, 0.25) is 0 Å². The number of allylic oxidation sites excluding steroid dienone is 2. The molecule has 0 saturated carbocycles. The first-order valence-corrected chi connectivity index (χ1v) is 7.30. The summed E-state index contributed by atoms with van der Waals surface area (Å²) in [5.41, 5.74) is 2.22. The molecule has 0 aliphatic rings. The minimum absolute atomic E-state index is 0.328. The summed E-state index contributed by atoms with van der Waals surface area (Å²) in [5, 5.41) is 0. The largest absolute Gasteiger partial charge is 0.497 e. The predicted molar refractivity (Wildman–Crippen MR) is 86.3 cm³/mol. The molecule has 0 amide bonds. The van der Waals surface area contributed by atoms with E-state index < -0.39 is 0 Å². The molecule has 3 nitrogen and oxygen atoms in total. The number of unbranched alkanes of at least 4 members (excludes halogenated alkanes) is 2. The smallest absolute Gasteiger partial charge is 0.330 e. The highest BCUT2D eigenvalue weighted by molar-refractivity contribution is 5.82. The number of carbonyl (C=O) groups is 1. The Bertz CT molecular complexity index is 484. The number of carbonyl (C=O) groups excluding carboxylic acids is 1. The first-order valence-electron chi connectivity index (χ1n) is 7.30. The third-order valence-corrected chi connectivity index (χ3v) is 3.17. The van der Waals surface area contributed by atoms with Crippen molar-refractivity contribution in [2.45, 2.75) is 32.6 Å². The fourth-order valence-corrected chi connectivity index (χ4v) is 1.94. The van der Waals surface area contributed by atoms with Gasteiger partial charge in [0.05, 0.1) is 14.2 Å². The zero-order valence-electron chi connectivity index (χ0n) is 13.1. The summed E-state index contributed by atoms with van der Waals surface area (Å²) in [7, 11) is 3.04. The Hall–Kier alpha value is -2.03. The number of rotatable bonds is 8. The van der Waals surface area contributed by atoms with Crippen LogP contribution in [-0.4, -0.2) is 20.2 Å². The summed E-state index contributed by atoms with van der Waals surface area (Å²) in [4.78, 5) is 11.2. The van der Waals surface area contributed by atoms with E-state index in [1.807, 2.05) is 30.3 Å². The van der Waals surface area contributed by atoms with Crippen LogP contribution in [0.25, 0.3) is 6.08 Å². The number of hydrogen-bond donors (Lipinski definition) is 0. The van der Waals surface area contributed by atoms with Gasteiger partial charge in [0, 0.05) is 6.08 Å².